The van der Waals surface area contributed by atoms with Gasteiger partial charge in [-0.15, -0.1) is 0 Å². The summed E-state index contributed by atoms with van der Waals surface area (Å²) >= 11 is 5.14. The van der Waals surface area contributed by atoms with Crippen molar-refractivity contribution in [3.63, 3.8) is 0 Å². The zero-order valence-electron chi connectivity index (χ0n) is 10.4. The highest BCUT2D eigenvalue weighted by molar-refractivity contribution is 9.10. The summed E-state index contributed by atoms with van der Waals surface area (Å²) in [6.45, 7) is 0. The van der Waals surface area contributed by atoms with E-state index in [0.717, 1.165) is 6.42 Å². The van der Waals surface area contributed by atoms with Crippen molar-refractivity contribution in [2.24, 2.45) is 0 Å². The molecule has 3 nitrogen and oxygen atoms in total. The minimum Gasteiger partial charge on any atom is -0.348 e. The van der Waals surface area contributed by atoms with Gasteiger partial charge in [0.2, 0.25) is 0 Å². The fourth-order valence-electron chi connectivity index (χ4n) is 2.34. The lowest BCUT2D eigenvalue weighted by Crippen LogP contribution is -2.43. The largest absolute Gasteiger partial charge is 0.348 e. The number of hydrogen-bond acceptors (Lipinski definition) is 3. The van der Waals surface area contributed by atoms with Gasteiger partial charge in [0.25, 0.3) is 5.91 Å². The van der Waals surface area contributed by atoms with Crippen molar-refractivity contribution in [2.45, 2.75) is 37.0 Å². The molecule has 0 aromatic carbocycles. The van der Waals surface area contributed by atoms with Crippen LogP contribution in [0.3, 0.4) is 0 Å². The molecule has 1 heterocycles. The molecule has 0 spiro atoms. The van der Waals surface area contributed by atoms with Gasteiger partial charge in [0.05, 0.1) is 0 Å². The van der Waals surface area contributed by atoms with Crippen LogP contribution in [-0.2, 0) is 0 Å². The van der Waals surface area contributed by atoms with Gasteiger partial charge in [-0.2, -0.15) is 11.8 Å². The number of thioether (sulfide) groups is 1. The lowest BCUT2D eigenvalue weighted by Gasteiger charge is -2.30. The molecule has 98 valence electrons. The second-order valence-electron chi connectivity index (χ2n) is 4.51. The standard InChI is InChI=1S/C13H17BrN2OS/c1-18-11-5-3-2-4-10(11)16-13(17)9-6-7-15-12(14)8-9/h6-8,10-11H,2-5H2,1H3,(H,16,17). The van der Waals surface area contributed by atoms with E-state index < -0.39 is 0 Å². The summed E-state index contributed by atoms with van der Waals surface area (Å²) < 4.78 is 0.695. The maximum Gasteiger partial charge on any atom is 0.251 e. The summed E-state index contributed by atoms with van der Waals surface area (Å²) in [4.78, 5) is 16.2. The Morgan fingerprint density at radius 2 is 2.28 bits per heavy atom. The lowest BCUT2D eigenvalue weighted by molar-refractivity contribution is 0.0929. The maximum absolute atomic E-state index is 12.2. The Kier molecular flexibility index (Phi) is 5.06. The molecule has 1 saturated carbocycles. The highest BCUT2D eigenvalue weighted by atomic mass is 79.9. The second kappa shape index (κ2) is 6.57. The predicted octanol–water partition coefficient (Wildman–Crippen LogP) is 3.25. The first-order valence-electron chi connectivity index (χ1n) is 6.16. The molecule has 0 aliphatic heterocycles. The van der Waals surface area contributed by atoms with Crippen molar-refractivity contribution in [3.05, 3.63) is 28.5 Å². The first-order chi connectivity index (χ1) is 8.70. The Balaban J connectivity index is 2.02. The minimum atomic E-state index is 0.00375. The number of pyridine rings is 1. The van der Waals surface area contributed by atoms with Crippen molar-refractivity contribution in [1.82, 2.24) is 10.3 Å². The number of carbonyl (C=O) groups excluding carboxylic acids is 1. The van der Waals surface area contributed by atoms with Crippen molar-refractivity contribution in [1.29, 1.82) is 0 Å². The summed E-state index contributed by atoms with van der Waals surface area (Å²) in [6, 6.07) is 3.80. The zero-order valence-corrected chi connectivity index (χ0v) is 12.8. The fraction of sp³-hybridized carbons (Fsp3) is 0.538. The van der Waals surface area contributed by atoms with E-state index in [1.807, 2.05) is 11.8 Å². The lowest BCUT2D eigenvalue weighted by atomic mass is 9.94. The summed E-state index contributed by atoms with van der Waals surface area (Å²) in [7, 11) is 0. The molecule has 0 radical (unpaired) electrons. The molecule has 18 heavy (non-hydrogen) atoms. The van der Waals surface area contributed by atoms with Crippen LogP contribution in [0.5, 0.6) is 0 Å². The summed E-state index contributed by atoms with van der Waals surface area (Å²) in [5.41, 5.74) is 0.669. The van der Waals surface area contributed by atoms with Crippen LogP contribution in [0, 0.1) is 0 Å². The quantitative estimate of drug-likeness (QED) is 0.866. The third-order valence-corrected chi connectivity index (χ3v) is 4.91. The monoisotopic (exact) mass is 328 g/mol. The van der Waals surface area contributed by atoms with Crippen LogP contribution < -0.4 is 5.32 Å². The van der Waals surface area contributed by atoms with Gasteiger partial charge in [-0.25, -0.2) is 4.98 Å². The third kappa shape index (κ3) is 3.48. The minimum absolute atomic E-state index is 0.00375. The first kappa shape index (κ1) is 13.9. The molecule has 1 aromatic rings. The number of amides is 1. The molecule has 1 aliphatic carbocycles. The van der Waals surface area contributed by atoms with Crippen LogP contribution in [0.15, 0.2) is 22.9 Å². The van der Waals surface area contributed by atoms with E-state index in [0.29, 0.717) is 21.5 Å². The molecular formula is C13H17BrN2OS. The van der Waals surface area contributed by atoms with E-state index in [9.17, 15) is 4.79 Å². The fourth-order valence-corrected chi connectivity index (χ4v) is 3.64. The van der Waals surface area contributed by atoms with Gasteiger partial charge < -0.3 is 5.32 Å². The van der Waals surface area contributed by atoms with Gasteiger partial charge in [0.1, 0.15) is 4.60 Å². The highest BCUT2D eigenvalue weighted by Gasteiger charge is 2.25. The van der Waals surface area contributed by atoms with Crippen LogP contribution in [0.25, 0.3) is 0 Å². The van der Waals surface area contributed by atoms with E-state index in [4.69, 9.17) is 0 Å². The zero-order chi connectivity index (χ0) is 13.0. The molecule has 1 aliphatic rings. The van der Waals surface area contributed by atoms with Crippen molar-refractivity contribution >= 4 is 33.6 Å². The molecule has 5 heteroatoms. The first-order valence-corrected chi connectivity index (χ1v) is 8.24. The molecular weight excluding hydrogens is 312 g/mol. The molecule has 1 amide bonds. The molecule has 2 atom stereocenters. The van der Waals surface area contributed by atoms with Gasteiger partial charge in [-0.05, 0) is 47.2 Å². The average Bonchev–Trinajstić information content (AvgIpc) is 2.39. The Hall–Kier alpha value is -0.550. The van der Waals surface area contributed by atoms with Crippen LogP contribution in [-0.4, -0.2) is 28.4 Å². The average molecular weight is 329 g/mol. The smallest absolute Gasteiger partial charge is 0.251 e. The molecule has 2 unspecified atom stereocenters. The van der Waals surface area contributed by atoms with Gasteiger partial charge in [-0.3, -0.25) is 4.79 Å². The van der Waals surface area contributed by atoms with E-state index in [1.165, 1.54) is 19.3 Å². The Bertz CT molecular complexity index is 427. The van der Waals surface area contributed by atoms with E-state index >= 15 is 0 Å². The summed E-state index contributed by atoms with van der Waals surface area (Å²) in [5.74, 6) is 0.00375. The van der Waals surface area contributed by atoms with Crippen LogP contribution in [0.2, 0.25) is 0 Å². The highest BCUT2D eigenvalue weighted by Crippen LogP contribution is 2.27. The molecule has 2 rings (SSSR count). The van der Waals surface area contributed by atoms with Crippen molar-refractivity contribution < 1.29 is 4.79 Å². The van der Waals surface area contributed by atoms with Gasteiger partial charge >= 0.3 is 0 Å². The van der Waals surface area contributed by atoms with Crippen molar-refractivity contribution in [2.75, 3.05) is 6.26 Å². The van der Waals surface area contributed by atoms with Crippen molar-refractivity contribution in [3.8, 4) is 0 Å². The van der Waals surface area contributed by atoms with Gasteiger partial charge in [0.15, 0.2) is 0 Å². The number of hydrogen-bond donors (Lipinski definition) is 1. The predicted molar refractivity (Wildman–Crippen MR) is 79.0 cm³/mol. The molecule has 0 saturated heterocycles. The normalized spacial score (nSPS) is 23.7. The van der Waals surface area contributed by atoms with E-state index in [-0.39, 0.29) is 5.91 Å². The number of nitrogens with zero attached hydrogens (tertiary/aromatic N) is 1. The van der Waals surface area contributed by atoms with Gasteiger partial charge in [0, 0.05) is 23.1 Å². The molecule has 1 aromatic heterocycles. The SMILES string of the molecule is CSC1CCCCC1NC(=O)c1ccnc(Br)c1. The Morgan fingerprint density at radius 1 is 1.50 bits per heavy atom. The van der Waals surface area contributed by atoms with E-state index in [2.05, 4.69) is 32.5 Å². The number of rotatable bonds is 3. The number of carbonyl (C=O) groups is 1. The van der Waals surface area contributed by atoms with Crippen LogP contribution in [0.1, 0.15) is 36.0 Å². The Morgan fingerprint density at radius 3 is 3.00 bits per heavy atom. The maximum atomic E-state index is 12.2. The summed E-state index contributed by atoms with van der Waals surface area (Å²) in [6.07, 6.45) is 8.54. The van der Waals surface area contributed by atoms with Crippen LogP contribution in [0.4, 0.5) is 0 Å². The third-order valence-electron chi connectivity index (χ3n) is 3.31. The molecule has 0 bridgehead atoms. The number of nitrogens with one attached hydrogen (secondary N) is 1. The summed E-state index contributed by atoms with van der Waals surface area (Å²) in [5, 5.41) is 3.70. The number of halogens is 1. The number of aromatic nitrogens is 1. The molecule has 1 fully saturated rings. The molecule has 1 N–H and O–H groups in total. The second-order valence-corrected chi connectivity index (χ2v) is 6.40. The van der Waals surface area contributed by atoms with Gasteiger partial charge in [-0.1, -0.05) is 12.8 Å². The van der Waals surface area contributed by atoms with Crippen LogP contribution >= 0.6 is 27.7 Å². The van der Waals surface area contributed by atoms with E-state index in [1.54, 1.807) is 18.3 Å². The Labute approximate surface area is 120 Å². The topological polar surface area (TPSA) is 42.0 Å².